The van der Waals surface area contributed by atoms with Gasteiger partial charge >= 0.3 is 0 Å². The average Bonchev–Trinajstić information content (AvgIpc) is 3.35. The second kappa shape index (κ2) is 12.6. The first-order valence-electron chi connectivity index (χ1n) is 14.5. The second-order valence-corrected chi connectivity index (χ2v) is 11.8. The Morgan fingerprint density at radius 2 is 1.98 bits per heavy atom. The normalized spacial score (nSPS) is 17.4. The molecule has 2 aliphatic rings. The number of rotatable bonds is 12. The third kappa shape index (κ3) is 6.30. The number of amides is 1. The molecule has 4 rings (SSSR count). The third-order valence-electron chi connectivity index (χ3n) is 8.22. The van der Waals surface area contributed by atoms with Gasteiger partial charge in [-0.3, -0.25) is 9.69 Å². The summed E-state index contributed by atoms with van der Waals surface area (Å²) in [4.78, 5) is 24.5. The van der Waals surface area contributed by atoms with Gasteiger partial charge in [0.1, 0.15) is 11.6 Å². The summed E-state index contributed by atoms with van der Waals surface area (Å²) >= 11 is 0. The van der Waals surface area contributed by atoms with Crippen molar-refractivity contribution in [1.29, 1.82) is 0 Å². The summed E-state index contributed by atoms with van der Waals surface area (Å²) in [6.07, 6.45) is 3.21. The Morgan fingerprint density at radius 3 is 2.60 bits per heavy atom. The number of nitrogens with one attached hydrogen (secondary N) is 1. The van der Waals surface area contributed by atoms with Crippen molar-refractivity contribution in [2.45, 2.75) is 66.0 Å². The quantitative estimate of drug-likeness (QED) is 0.401. The number of anilines is 2. The van der Waals surface area contributed by atoms with Crippen molar-refractivity contribution < 1.29 is 13.9 Å². The lowest BCUT2D eigenvalue weighted by Gasteiger charge is -2.53. The molecule has 2 aliphatic heterocycles. The summed E-state index contributed by atoms with van der Waals surface area (Å²) in [5, 5.41) is 11.4. The third-order valence-corrected chi connectivity index (χ3v) is 8.22. The van der Waals surface area contributed by atoms with Gasteiger partial charge in [0.15, 0.2) is 5.82 Å². The zero-order valence-corrected chi connectivity index (χ0v) is 24.8. The number of hydrogen-bond acceptors (Lipinski definition) is 9. The van der Waals surface area contributed by atoms with Crippen molar-refractivity contribution in [3.8, 4) is 11.6 Å². The van der Waals surface area contributed by atoms with Crippen molar-refractivity contribution in [3.63, 3.8) is 0 Å². The number of ether oxygens (including phenoxy) is 1. The number of carbonyl (C=O) groups excluding carboxylic acids is 1. The van der Waals surface area contributed by atoms with Crippen molar-refractivity contribution in [3.05, 3.63) is 29.6 Å². The molecule has 1 spiro atoms. The maximum absolute atomic E-state index is 14.3. The van der Waals surface area contributed by atoms with Crippen molar-refractivity contribution in [1.82, 2.24) is 25.0 Å². The van der Waals surface area contributed by atoms with E-state index < -0.39 is 5.82 Å². The number of halogens is 1. The predicted molar refractivity (Wildman–Crippen MR) is 155 cm³/mol. The van der Waals surface area contributed by atoms with Crippen LogP contribution in [0, 0.1) is 17.2 Å². The van der Waals surface area contributed by atoms with Crippen LogP contribution in [-0.4, -0.2) is 89.3 Å². The highest BCUT2D eigenvalue weighted by Gasteiger charge is 2.50. The van der Waals surface area contributed by atoms with Gasteiger partial charge in [0.2, 0.25) is 5.95 Å². The largest absolute Gasteiger partial charge is 0.434 e. The Balaban J connectivity index is 1.57. The minimum atomic E-state index is -0.507. The SMILES string of the molecule is CCN(C(=O)c1cc(F)ccc1Oc1nnc(NC)nc1N1CCC2(C1)CN([C@H](CCCN)C(C)C)C2)C(C)C. The Kier molecular flexibility index (Phi) is 9.45. The van der Waals surface area contributed by atoms with E-state index in [2.05, 4.69) is 39.2 Å². The minimum Gasteiger partial charge on any atom is -0.434 e. The van der Waals surface area contributed by atoms with Crippen molar-refractivity contribution in [2.75, 3.05) is 56.5 Å². The topological polar surface area (TPSA) is 113 Å². The van der Waals surface area contributed by atoms with E-state index in [0.717, 1.165) is 52.0 Å². The molecular weight excluding hydrogens is 511 g/mol. The predicted octanol–water partition coefficient (Wildman–Crippen LogP) is 3.99. The zero-order chi connectivity index (χ0) is 29.0. The summed E-state index contributed by atoms with van der Waals surface area (Å²) in [6, 6.07) is 4.46. The molecule has 2 fully saturated rings. The van der Waals surface area contributed by atoms with Gasteiger partial charge in [-0.15, -0.1) is 10.2 Å². The van der Waals surface area contributed by atoms with Crippen molar-refractivity contribution >= 4 is 17.7 Å². The molecule has 0 bridgehead atoms. The summed E-state index contributed by atoms with van der Waals surface area (Å²) in [5.74, 6) is 1.15. The first-order chi connectivity index (χ1) is 19.1. The van der Waals surface area contributed by atoms with Crippen LogP contribution in [0.1, 0.15) is 64.2 Å². The fourth-order valence-electron chi connectivity index (χ4n) is 6.13. The Labute approximate surface area is 237 Å². The van der Waals surface area contributed by atoms with Gasteiger partial charge < -0.3 is 25.6 Å². The average molecular weight is 557 g/mol. The molecule has 0 saturated carbocycles. The molecule has 0 aliphatic carbocycles. The fourth-order valence-corrected chi connectivity index (χ4v) is 6.13. The highest BCUT2D eigenvalue weighted by molar-refractivity contribution is 5.97. The molecule has 10 nitrogen and oxygen atoms in total. The monoisotopic (exact) mass is 556 g/mol. The number of carbonyl (C=O) groups is 1. The van der Waals surface area contributed by atoms with Crippen LogP contribution in [0.4, 0.5) is 16.2 Å². The standard InChI is InChI=1S/C29H45FN8O2/c1-7-38(20(4)5)27(39)22-15-21(30)10-11-24(22)40-26-25(33-28(32-6)35-34-26)36-14-12-29(16-36)17-37(18-29)23(19(2)3)9-8-13-31/h10-11,15,19-20,23H,7-9,12-14,16-18,31H2,1-6H3,(H,32,33,35)/t23-/m1/s1. The smallest absolute Gasteiger partial charge is 0.282 e. The van der Waals surface area contributed by atoms with Gasteiger partial charge in [-0.25, -0.2) is 4.39 Å². The van der Waals surface area contributed by atoms with Gasteiger partial charge in [-0.05, 0) is 70.7 Å². The van der Waals surface area contributed by atoms with E-state index in [0.29, 0.717) is 30.3 Å². The molecule has 220 valence electrons. The molecule has 1 aromatic carbocycles. The van der Waals surface area contributed by atoms with E-state index in [1.54, 1.807) is 11.9 Å². The molecule has 0 unspecified atom stereocenters. The lowest BCUT2D eigenvalue weighted by atomic mass is 9.76. The summed E-state index contributed by atoms with van der Waals surface area (Å²) < 4.78 is 20.5. The van der Waals surface area contributed by atoms with Gasteiger partial charge in [-0.2, -0.15) is 4.98 Å². The minimum absolute atomic E-state index is 0.0472. The Morgan fingerprint density at radius 1 is 1.23 bits per heavy atom. The molecule has 40 heavy (non-hydrogen) atoms. The molecular formula is C29H45FN8O2. The summed E-state index contributed by atoms with van der Waals surface area (Å²) in [7, 11) is 1.74. The number of nitrogens with zero attached hydrogens (tertiary/aromatic N) is 6. The van der Waals surface area contributed by atoms with E-state index in [1.807, 2.05) is 20.8 Å². The van der Waals surface area contributed by atoms with E-state index in [9.17, 15) is 9.18 Å². The maximum atomic E-state index is 14.3. The molecule has 2 aromatic rings. The van der Waals surface area contributed by atoms with E-state index in [4.69, 9.17) is 15.5 Å². The van der Waals surface area contributed by atoms with Crippen LogP contribution in [0.3, 0.4) is 0 Å². The van der Waals surface area contributed by atoms with Crippen LogP contribution < -0.4 is 20.7 Å². The Bertz CT molecular complexity index is 1170. The first kappa shape index (κ1) is 29.9. The molecule has 1 aromatic heterocycles. The molecule has 1 amide bonds. The van der Waals surface area contributed by atoms with E-state index >= 15 is 0 Å². The lowest BCUT2D eigenvalue weighted by Crippen LogP contribution is -2.62. The highest BCUT2D eigenvalue weighted by Crippen LogP contribution is 2.45. The van der Waals surface area contributed by atoms with Crippen molar-refractivity contribution in [2.24, 2.45) is 17.1 Å². The van der Waals surface area contributed by atoms with Gasteiger partial charge in [0.05, 0.1) is 5.56 Å². The number of hydrogen-bond donors (Lipinski definition) is 2. The van der Waals surface area contributed by atoms with Gasteiger partial charge in [0, 0.05) is 57.3 Å². The van der Waals surface area contributed by atoms with Gasteiger partial charge in [0.25, 0.3) is 11.8 Å². The molecule has 1 atom stereocenters. The summed E-state index contributed by atoms with van der Waals surface area (Å²) in [5.41, 5.74) is 6.13. The van der Waals surface area contributed by atoms with Crippen LogP contribution in [0.5, 0.6) is 11.6 Å². The highest BCUT2D eigenvalue weighted by atomic mass is 19.1. The van der Waals surface area contributed by atoms with Crippen LogP contribution in [0.2, 0.25) is 0 Å². The van der Waals surface area contributed by atoms with E-state index in [-0.39, 0.29) is 34.6 Å². The fraction of sp³-hybridized carbons (Fsp3) is 0.655. The molecule has 11 heteroatoms. The molecule has 2 saturated heterocycles. The second-order valence-electron chi connectivity index (χ2n) is 11.8. The van der Waals surface area contributed by atoms with Gasteiger partial charge in [-0.1, -0.05) is 13.8 Å². The molecule has 3 heterocycles. The van der Waals surface area contributed by atoms with Crippen LogP contribution in [0.15, 0.2) is 18.2 Å². The zero-order valence-electron chi connectivity index (χ0n) is 24.8. The van der Waals surface area contributed by atoms with Crippen LogP contribution in [0.25, 0.3) is 0 Å². The number of aromatic nitrogens is 3. The number of nitrogens with two attached hydrogens (primary N) is 1. The number of likely N-dealkylation sites (tertiary alicyclic amines) is 1. The maximum Gasteiger partial charge on any atom is 0.282 e. The van der Waals surface area contributed by atoms with Crippen LogP contribution in [-0.2, 0) is 0 Å². The lowest BCUT2D eigenvalue weighted by molar-refractivity contribution is -0.0337. The van der Waals surface area contributed by atoms with E-state index in [1.165, 1.54) is 18.2 Å². The first-order valence-corrected chi connectivity index (χ1v) is 14.5. The number of benzene rings is 1. The summed E-state index contributed by atoms with van der Waals surface area (Å²) in [6.45, 7) is 15.3. The Hall–Kier alpha value is -3.05. The van der Waals surface area contributed by atoms with Crippen LogP contribution >= 0.6 is 0 Å². The molecule has 0 radical (unpaired) electrons. The molecule has 3 N–H and O–H groups in total.